The van der Waals surface area contributed by atoms with Crippen molar-refractivity contribution in [2.45, 2.75) is 64.8 Å². The van der Waals surface area contributed by atoms with Crippen LogP contribution in [-0.4, -0.2) is 46.6 Å². The summed E-state index contributed by atoms with van der Waals surface area (Å²) in [6.45, 7) is 8.09. The minimum Gasteiger partial charge on any atom is -0.356 e. The highest BCUT2D eigenvalue weighted by Crippen LogP contribution is 2.25. The Hall–Kier alpha value is -2.90. The average molecular weight is 428 g/mol. The number of nitrogens with zero attached hydrogens (tertiary/aromatic N) is 3. The van der Waals surface area contributed by atoms with Crippen LogP contribution in [0.3, 0.4) is 0 Å². The predicted octanol–water partition coefficient (Wildman–Crippen LogP) is 3.49. The van der Waals surface area contributed by atoms with Crippen molar-refractivity contribution in [3.8, 4) is 0 Å². The standard InChI is InChI=1S/C23H33N5O3/c1-16(2)21-26-22(31-27-21)19-5-4-13-28(14-11-20(29)24-12-10-19)23(30)25-15-18-8-6-17(3)7-9-18/h6-9,16,19H,4-5,10-15H2,1-3H3,(H,24,29)(H,25,30). The number of carbonyl (C=O) groups excluding carboxylic acids is 2. The first-order valence-electron chi connectivity index (χ1n) is 11.1. The molecule has 0 radical (unpaired) electrons. The molecule has 8 heteroatoms. The van der Waals surface area contributed by atoms with Gasteiger partial charge in [0.15, 0.2) is 5.82 Å². The van der Waals surface area contributed by atoms with E-state index >= 15 is 0 Å². The number of hydrogen-bond donors (Lipinski definition) is 2. The van der Waals surface area contributed by atoms with Gasteiger partial charge in [-0.1, -0.05) is 48.8 Å². The topological polar surface area (TPSA) is 100 Å². The highest BCUT2D eigenvalue weighted by molar-refractivity contribution is 5.78. The van der Waals surface area contributed by atoms with E-state index in [1.165, 1.54) is 5.56 Å². The van der Waals surface area contributed by atoms with E-state index in [4.69, 9.17) is 4.52 Å². The Balaban J connectivity index is 1.61. The molecule has 1 aromatic heterocycles. The molecule has 2 N–H and O–H groups in total. The van der Waals surface area contributed by atoms with E-state index in [-0.39, 0.29) is 23.8 Å². The van der Waals surface area contributed by atoms with Crippen molar-refractivity contribution in [1.82, 2.24) is 25.7 Å². The van der Waals surface area contributed by atoms with Gasteiger partial charge in [0.25, 0.3) is 0 Å². The number of hydrogen-bond acceptors (Lipinski definition) is 5. The number of aryl methyl sites for hydroxylation is 1. The highest BCUT2D eigenvalue weighted by atomic mass is 16.5. The van der Waals surface area contributed by atoms with E-state index in [0.717, 1.165) is 24.8 Å². The normalized spacial score (nSPS) is 18.4. The van der Waals surface area contributed by atoms with Crippen LogP contribution in [0.2, 0.25) is 0 Å². The third-order valence-corrected chi connectivity index (χ3v) is 5.58. The van der Waals surface area contributed by atoms with Crippen molar-refractivity contribution in [3.63, 3.8) is 0 Å². The van der Waals surface area contributed by atoms with Gasteiger partial charge in [-0.05, 0) is 31.7 Å². The molecule has 1 fully saturated rings. The second kappa shape index (κ2) is 10.9. The lowest BCUT2D eigenvalue weighted by atomic mass is 9.99. The number of aromatic nitrogens is 2. The number of carbonyl (C=O) groups is 2. The van der Waals surface area contributed by atoms with Crippen molar-refractivity contribution in [2.75, 3.05) is 19.6 Å². The summed E-state index contributed by atoms with van der Waals surface area (Å²) in [5, 5.41) is 9.99. The van der Waals surface area contributed by atoms with Gasteiger partial charge >= 0.3 is 6.03 Å². The first kappa shape index (κ1) is 22.8. The Morgan fingerprint density at radius 1 is 1.26 bits per heavy atom. The van der Waals surface area contributed by atoms with Crippen molar-refractivity contribution >= 4 is 11.9 Å². The van der Waals surface area contributed by atoms with Gasteiger partial charge in [0.1, 0.15) is 0 Å². The number of rotatable bonds is 4. The van der Waals surface area contributed by atoms with Gasteiger partial charge in [-0.25, -0.2) is 4.79 Å². The largest absolute Gasteiger partial charge is 0.356 e. The maximum atomic E-state index is 12.8. The van der Waals surface area contributed by atoms with Crippen LogP contribution in [0.25, 0.3) is 0 Å². The van der Waals surface area contributed by atoms with Crippen LogP contribution < -0.4 is 10.6 Å². The molecule has 168 valence electrons. The molecule has 1 saturated heterocycles. The summed E-state index contributed by atoms with van der Waals surface area (Å²) in [5.74, 6) is 1.53. The van der Waals surface area contributed by atoms with Gasteiger partial charge in [0.05, 0.1) is 0 Å². The summed E-state index contributed by atoms with van der Waals surface area (Å²) in [4.78, 5) is 31.2. The molecule has 0 bridgehead atoms. The third kappa shape index (κ3) is 6.80. The lowest BCUT2D eigenvalue weighted by Gasteiger charge is -2.23. The molecule has 0 aliphatic carbocycles. The summed E-state index contributed by atoms with van der Waals surface area (Å²) in [5.41, 5.74) is 2.23. The molecule has 0 saturated carbocycles. The zero-order valence-electron chi connectivity index (χ0n) is 18.7. The Morgan fingerprint density at radius 3 is 2.74 bits per heavy atom. The lowest BCUT2D eigenvalue weighted by molar-refractivity contribution is -0.121. The Bertz CT molecular complexity index is 862. The molecule has 1 aromatic carbocycles. The van der Waals surface area contributed by atoms with Gasteiger partial charge in [0, 0.05) is 44.4 Å². The summed E-state index contributed by atoms with van der Waals surface area (Å²) in [7, 11) is 0. The monoisotopic (exact) mass is 427 g/mol. The zero-order chi connectivity index (χ0) is 22.2. The van der Waals surface area contributed by atoms with Crippen LogP contribution in [0.1, 0.15) is 74.2 Å². The summed E-state index contributed by atoms with van der Waals surface area (Å²) in [6, 6.07) is 7.93. The molecular formula is C23H33N5O3. The molecule has 8 nitrogen and oxygen atoms in total. The van der Waals surface area contributed by atoms with Gasteiger partial charge in [-0.15, -0.1) is 0 Å². The fraction of sp³-hybridized carbons (Fsp3) is 0.565. The summed E-state index contributed by atoms with van der Waals surface area (Å²) in [6.07, 6.45) is 2.65. The Kier molecular flexibility index (Phi) is 8.03. The van der Waals surface area contributed by atoms with Crippen LogP contribution >= 0.6 is 0 Å². The van der Waals surface area contributed by atoms with E-state index < -0.39 is 0 Å². The minimum absolute atomic E-state index is 0.0506. The van der Waals surface area contributed by atoms with Crippen LogP contribution in [0.15, 0.2) is 28.8 Å². The number of nitrogens with one attached hydrogen (secondary N) is 2. The molecule has 31 heavy (non-hydrogen) atoms. The first-order chi connectivity index (χ1) is 14.9. The van der Waals surface area contributed by atoms with Crippen molar-refractivity contribution in [2.24, 2.45) is 0 Å². The minimum atomic E-state index is -0.149. The number of amides is 3. The summed E-state index contributed by atoms with van der Waals surface area (Å²) >= 11 is 0. The van der Waals surface area contributed by atoms with E-state index in [1.807, 2.05) is 45.0 Å². The van der Waals surface area contributed by atoms with E-state index in [0.29, 0.717) is 44.3 Å². The molecule has 0 spiro atoms. The Labute approximate surface area is 183 Å². The quantitative estimate of drug-likeness (QED) is 0.778. The Morgan fingerprint density at radius 2 is 2.03 bits per heavy atom. The van der Waals surface area contributed by atoms with Gasteiger partial charge < -0.3 is 20.1 Å². The van der Waals surface area contributed by atoms with E-state index in [1.54, 1.807) is 4.90 Å². The maximum absolute atomic E-state index is 12.8. The fourth-order valence-corrected chi connectivity index (χ4v) is 3.59. The maximum Gasteiger partial charge on any atom is 0.317 e. The molecule has 2 heterocycles. The second-order valence-corrected chi connectivity index (χ2v) is 8.50. The van der Waals surface area contributed by atoms with E-state index in [2.05, 4.69) is 20.8 Å². The molecule has 1 aliphatic heterocycles. The molecule has 1 atom stereocenters. The van der Waals surface area contributed by atoms with Crippen LogP contribution in [0, 0.1) is 6.92 Å². The zero-order valence-corrected chi connectivity index (χ0v) is 18.7. The third-order valence-electron chi connectivity index (χ3n) is 5.58. The van der Waals surface area contributed by atoms with E-state index in [9.17, 15) is 9.59 Å². The van der Waals surface area contributed by atoms with Gasteiger partial charge in [-0.3, -0.25) is 4.79 Å². The van der Waals surface area contributed by atoms with Crippen molar-refractivity contribution in [1.29, 1.82) is 0 Å². The average Bonchev–Trinajstić information content (AvgIpc) is 3.23. The predicted molar refractivity (Wildman–Crippen MR) is 118 cm³/mol. The van der Waals surface area contributed by atoms with Gasteiger partial charge in [-0.2, -0.15) is 4.98 Å². The molecule has 3 amide bonds. The molecule has 2 aromatic rings. The number of urea groups is 1. The van der Waals surface area contributed by atoms with Crippen LogP contribution in [0.4, 0.5) is 4.79 Å². The lowest BCUT2D eigenvalue weighted by Crippen LogP contribution is -2.42. The molecule has 3 rings (SSSR count). The SMILES string of the molecule is Cc1ccc(CNC(=O)N2CCCC(c3nc(C(C)C)no3)CCNC(=O)CC2)cc1. The molecule has 1 aliphatic rings. The fourth-order valence-electron chi connectivity index (χ4n) is 3.59. The first-order valence-corrected chi connectivity index (χ1v) is 11.1. The smallest absolute Gasteiger partial charge is 0.317 e. The van der Waals surface area contributed by atoms with Crippen molar-refractivity contribution < 1.29 is 14.1 Å². The van der Waals surface area contributed by atoms with Gasteiger partial charge in [0.2, 0.25) is 11.8 Å². The van der Waals surface area contributed by atoms with Crippen molar-refractivity contribution in [3.05, 3.63) is 47.1 Å². The molecular weight excluding hydrogens is 394 g/mol. The highest BCUT2D eigenvalue weighted by Gasteiger charge is 2.23. The second-order valence-electron chi connectivity index (χ2n) is 8.50. The van der Waals surface area contributed by atoms with Crippen LogP contribution in [0.5, 0.6) is 0 Å². The molecule has 1 unspecified atom stereocenters. The summed E-state index contributed by atoms with van der Waals surface area (Å²) < 4.78 is 5.50. The number of benzene rings is 1. The van der Waals surface area contributed by atoms with Crippen LogP contribution in [-0.2, 0) is 11.3 Å².